The van der Waals surface area contributed by atoms with Crippen molar-refractivity contribution in [2.75, 3.05) is 31.5 Å². The zero-order valence-corrected chi connectivity index (χ0v) is 20.5. The number of hydrogen-bond acceptors (Lipinski definition) is 3. The quantitative estimate of drug-likeness (QED) is 0.362. The van der Waals surface area contributed by atoms with E-state index in [1.807, 2.05) is 72.8 Å². The maximum Gasteiger partial charge on any atom is 0.319 e. The van der Waals surface area contributed by atoms with Crippen molar-refractivity contribution >= 4 is 17.6 Å². The second kappa shape index (κ2) is 13.3. The first-order valence-electron chi connectivity index (χ1n) is 12.6. The highest BCUT2D eigenvalue weighted by Gasteiger charge is 2.13. The summed E-state index contributed by atoms with van der Waals surface area (Å²) in [5, 5.41) is 8.84. The van der Waals surface area contributed by atoms with Gasteiger partial charge in [-0.1, -0.05) is 78.9 Å². The second-order valence-electron chi connectivity index (χ2n) is 9.04. The molecule has 1 fully saturated rings. The van der Waals surface area contributed by atoms with E-state index in [2.05, 4.69) is 33.0 Å². The van der Waals surface area contributed by atoms with Crippen LogP contribution in [-0.4, -0.2) is 49.1 Å². The fraction of sp³-hybridized carbons (Fsp3) is 0.267. The molecule has 4 rings (SSSR count). The van der Waals surface area contributed by atoms with Gasteiger partial charge in [-0.05, 0) is 61.2 Å². The first-order valence-corrected chi connectivity index (χ1v) is 12.6. The van der Waals surface area contributed by atoms with E-state index in [9.17, 15) is 9.59 Å². The molecule has 36 heavy (non-hydrogen) atoms. The third kappa shape index (κ3) is 8.10. The number of rotatable bonds is 10. The Morgan fingerprint density at radius 2 is 1.47 bits per heavy atom. The standard InChI is InChI=1S/C30H34N4O2/c35-29(31-19-22-34-20-7-8-21-34)18-17-28(23-24-9-3-1-4-10-24)33-30(36)32-27-15-13-26(14-16-27)25-11-5-2-6-12-25/h1-6,9-18,28H,7-8,19-23H2,(H,31,35)(H2,32,33,36)/b18-17+/t28-/m1/s1. The van der Waals surface area contributed by atoms with E-state index >= 15 is 0 Å². The van der Waals surface area contributed by atoms with Gasteiger partial charge in [0.25, 0.3) is 0 Å². The average molecular weight is 483 g/mol. The molecule has 0 aliphatic carbocycles. The molecule has 186 valence electrons. The lowest BCUT2D eigenvalue weighted by Crippen LogP contribution is -2.38. The molecule has 3 aromatic rings. The van der Waals surface area contributed by atoms with Crippen molar-refractivity contribution in [3.8, 4) is 11.1 Å². The summed E-state index contributed by atoms with van der Waals surface area (Å²) in [5.74, 6) is -0.147. The number of amides is 3. The van der Waals surface area contributed by atoms with Crippen LogP contribution < -0.4 is 16.0 Å². The van der Waals surface area contributed by atoms with Gasteiger partial charge in [0.2, 0.25) is 5.91 Å². The van der Waals surface area contributed by atoms with Gasteiger partial charge in [0, 0.05) is 24.9 Å². The first kappa shape index (κ1) is 25.2. The monoisotopic (exact) mass is 482 g/mol. The molecule has 0 aromatic heterocycles. The average Bonchev–Trinajstić information content (AvgIpc) is 3.42. The normalized spacial score (nSPS) is 14.4. The number of likely N-dealkylation sites (tertiary alicyclic amines) is 1. The fourth-order valence-corrected chi connectivity index (χ4v) is 4.35. The maximum atomic E-state index is 12.8. The van der Waals surface area contributed by atoms with E-state index in [-0.39, 0.29) is 18.0 Å². The third-order valence-electron chi connectivity index (χ3n) is 6.27. The molecule has 1 heterocycles. The van der Waals surface area contributed by atoms with E-state index in [0.29, 0.717) is 18.7 Å². The van der Waals surface area contributed by atoms with Crippen LogP contribution in [0.25, 0.3) is 11.1 Å². The summed E-state index contributed by atoms with van der Waals surface area (Å²) in [6.45, 7) is 3.72. The predicted octanol–water partition coefficient (Wildman–Crippen LogP) is 4.85. The highest BCUT2D eigenvalue weighted by atomic mass is 16.2. The van der Waals surface area contributed by atoms with E-state index in [4.69, 9.17) is 0 Å². The molecule has 1 aliphatic rings. The Balaban J connectivity index is 1.32. The lowest BCUT2D eigenvalue weighted by Gasteiger charge is -2.17. The zero-order valence-electron chi connectivity index (χ0n) is 20.5. The Bertz CT molecular complexity index is 1120. The summed E-state index contributed by atoms with van der Waals surface area (Å²) in [6.07, 6.45) is 6.33. The van der Waals surface area contributed by atoms with Crippen LogP contribution in [0.4, 0.5) is 10.5 Å². The molecule has 3 aromatic carbocycles. The van der Waals surface area contributed by atoms with Crippen molar-refractivity contribution in [1.82, 2.24) is 15.5 Å². The summed E-state index contributed by atoms with van der Waals surface area (Å²) >= 11 is 0. The zero-order chi connectivity index (χ0) is 25.0. The highest BCUT2D eigenvalue weighted by Crippen LogP contribution is 2.21. The minimum Gasteiger partial charge on any atom is -0.351 e. The largest absolute Gasteiger partial charge is 0.351 e. The molecule has 0 bridgehead atoms. The number of anilines is 1. The number of benzene rings is 3. The van der Waals surface area contributed by atoms with Crippen LogP contribution in [0.1, 0.15) is 18.4 Å². The van der Waals surface area contributed by atoms with Crippen molar-refractivity contribution < 1.29 is 9.59 Å². The van der Waals surface area contributed by atoms with Gasteiger partial charge < -0.3 is 20.9 Å². The molecular weight excluding hydrogens is 448 g/mol. The van der Waals surface area contributed by atoms with Gasteiger partial charge in [0.1, 0.15) is 0 Å². The molecule has 1 atom stereocenters. The fourth-order valence-electron chi connectivity index (χ4n) is 4.35. The Kier molecular flexibility index (Phi) is 9.28. The van der Waals surface area contributed by atoms with Gasteiger partial charge in [0.15, 0.2) is 0 Å². The molecule has 3 amide bonds. The number of urea groups is 1. The Morgan fingerprint density at radius 1 is 0.833 bits per heavy atom. The SMILES string of the molecule is O=C(/C=C/[C@H](Cc1ccccc1)NC(=O)Nc1ccc(-c2ccccc2)cc1)NCCN1CCCC1. The number of hydrogen-bond donors (Lipinski definition) is 3. The summed E-state index contributed by atoms with van der Waals surface area (Å²) < 4.78 is 0. The number of nitrogens with zero attached hydrogens (tertiary/aromatic N) is 1. The van der Waals surface area contributed by atoms with Gasteiger partial charge in [-0.15, -0.1) is 0 Å². The van der Waals surface area contributed by atoms with Gasteiger partial charge in [0.05, 0.1) is 6.04 Å². The topological polar surface area (TPSA) is 73.5 Å². The predicted molar refractivity (Wildman–Crippen MR) is 146 cm³/mol. The van der Waals surface area contributed by atoms with E-state index in [0.717, 1.165) is 36.3 Å². The molecule has 0 unspecified atom stereocenters. The van der Waals surface area contributed by atoms with Crippen molar-refractivity contribution in [2.45, 2.75) is 25.3 Å². The Morgan fingerprint density at radius 3 is 2.17 bits per heavy atom. The van der Waals surface area contributed by atoms with E-state index < -0.39 is 0 Å². The summed E-state index contributed by atoms with van der Waals surface area (Å²) in [6, 6.07) is 27.1. The summed E-state index contributed by atoms with van der Waals surface area (Å²) in [7, 11) is 0. The van der Waals surface area contributed by atoms with Gasteiger partial charge >= 0.3 is 6.03 Å². The number of carbonyl (C=O) groups excluding carboxylic acids is 2. The minimum absolute atomic E-state index is 0.147. The van der Waals surface area contributed by atoms with Crippen molar-refractivity contribution in [1.29, 1.82) is 0 Å². The molecule has 6 heteroatoms. The Hall–Kier alpha value is -3.90. The van der Waals surface area contributed by atoms with E-state index in [1.165, 1.54) is 18.9 Å². The lowest BCUT2D eigenvalue weighted by atomic mass is 10.1. The first-order chi connectivity index (χ1) is 17.7. The van der Waals surface area contributed by atoms with Crippen molar-refractivity contribution in [3.05, 3.63) is 103 Å². The van der Waals surface area contributed by atoms with Crippen LogP contribution >= 0.6 is 0 Å². The van der Waals surface area contributed by atoms with Crippen LogP contribution in [0.3, 0.4) is 0 Å². The molecule has 0 radical (unpaired) electrons. The van der Waals surface area contributed by atoms with E-state index in [1.54, 1.807) is 6.08 Å². The third-order valence-corrected chi connectivity index (χ3v) is 6.27. The van der Waals surface area contributed by atoms with Gasteiger partial charge in [-0.3, -0.25) is 4.79 Å². The summed E-state index contributed by atoms with van der Waals surface area (Å²) in [5.41, 5.74) is 3.99. The Labute approximate surface area is 213 Å². The van der Waals surface area contributed by atoms with Crippen LogP contribution in [0.15, 0.2) is 97.1 Å². The van der Waals surface area contributed by atoms with Crippen LogP contribution in [0.2, 0.25) is 0 Å². The van der Waals surface area contributed by atoms with Gasteiger partial charge in [-0.2, -0.15) is 0 Å². The summed E-state index contributed by atoms with van der Waals surface area (Å²) in [4.78, 5) is 27.5. The minimum atomic E-state index is -0.333. The number of carbonyl (C=O) groups is 2. The molecular formula is C30H34N4O2. The van der Waals surface area contributed by atoms with Crippen LogP contribution in [0.5, 0.6) is 0 Å². The molecule has 0 saturated carbocycles. The molecule has 1 saturated heterocycles. The van der Waals surface area contributed by atoms with Crippen molar-refractivity contribution in [2.24, 2.45) is 0 Å². The maximum absolute atomic E-state index is 12.8. The van der Waals surface area contributed by atoms with Crippen LogP contribution in [-0.2, 0) is 11.2 Å². The molecule has 1 aliphatic heterocycles. The highest BCUT2D eigenvalue weighted by molar-refractivity contribution is 5.90. The van der Waals surface area contributed by atoms with Crippen molar-refractivity contribution in [3.63, 3.8) is 0 Å². The smallest absolute Gasteiger partial charge is 0.319 e. The lowest BCUT2D eigenvalue weighted by molar-refractivity contribution is -0.116. The molecule has 6 nitrogen and oxygen atoms in total. The number of nitrogens with one attached hydrogen (secondary N) is 3. The second-order valence-corrected chi connectivity index (χ2v) is 9.04. The van der Waals surface area contributed by atoms with Crippen LogP contribution in [0, 0.1) is 0 Å². The van der Waals surface area contributed by atoms with Gasteiger partial charge in [-0.25, -0.2) is 4.79 Å². The molecule has 0 spiro atoms. The molecule has 3 N–H and O–H groups in total.